The van der Waals surface area contributed by atoms with Crippen LogP contribution in [0.2, 0.25) is 4.34 Å². The minimum Gasteiger partial charge on any atom is -0.355 e. The highest BCUT2D eigenvalue weighted by atomic mass is 35.5. The lowest BCUT2D eigenvalue weighted by Gasteiger charge is -2.15. The predicted octanol–water partition coefficient (Wildman–Crippen LogP) is 2.89. The number of benzene rings is 1. The van der Waals surface area contributed by atoms with E-state index in [9.17, 15) is 13.2 Å². The van der Waals surface area contributed by atoms with Crippen molar-refractivity contribution in [3.63, 3.8) is 0 Å². The Labute approximate surface area is 173 Å². The highest BCUT2D eigenvalue weighted by molar-refractivity contribution is 7.91. The van der Waals surface area contributed by atoms with Gasteiger partial charge in [0, 0.05) is 20.1 Å². The van der Waals surface area contributed by atoms with E-state index in [2.05, 4.69) is 14.9 Å². The fourth-order valence-corrected chi connectivity index (χ4v) is 5.70. The molecule has 0 aliphatic carbocycles. The van der Waals surface area contributed by atoms with Crippen molar-refractivity contribution >= 4 is 49.9 Å². The summed E-state index contributed by atoms with van der Waals surface area (Å²) in [6.45, 7) is 2.87. The fraction of sp³-hybridized carbons (Fsp3) is 0.333. The normalized spacial score (nSPS) is 12.0. The molecule has 150 valence electrons. The zero-order valence-corrected chi connectivity index (χ0v) is 17.9. The molecule has 1 amide bonds. The van der Waals surface area contributed by atoms with Gasteiger partial charge in [0.05, 0.1) is 21.9 Å². The lowest BCUT2D eigenvalue weighted by Crippen LogP contribution is -2.38. The van der Waals surface area contributed by atoms with Crippen LogP contribution in [-0.4, -0.2) is 48.3 Å². The van der Waals surface area contributed by atoms with Crippen LogP contribution in [0.1, 0.15) is 12.2 Å². The molecular formula is C18H21ClN4O3S2. The molecular weight excluding hydrogens is 420 g/mol. The van der Waals surface area contributed by atoms with Crippen LogP contribution in [0.25, 0.3) is 11.0 Å². The van der Waals surface area contributed by atoms with Gasteiger partial charge in [-0.15, -0.1) is 11.3 Å². The van der Waals surface area contributed by atoms with Gasteiger partial charge in [-0.1, -0.05) is 23.7 Å². The minimum atomic E-state index is -3.72. The van der Waals surface area contributed by atoms with Crippen molar-refractivity contribution in [2.75, 3.05) is 20.1 Å². The summed E-state index contributed by atoms with van der Waals surface area (Å²) < 4.78 is 28.5. The number of hydrogen-bond donors (Lipinski definition) is 1. The van der Waals surface area contributed by atoms with E-state index in [1.807, 2.05) is 31.2 Å². The molecule has 1 N–H and O–H groups in total. The maximum atomic E-state index is 12.4. The zero-order valence-electron chi connectivity index (χ0n) is 15.6. The Hall–Kier alpha value is -1.94. The number of imidazole rings is 1. The van der Waals surface area contributed by atoms with Gasteiger partial charge < -0.3 is 9.88 Å². The molecule has 0 atom stereocenters. The molecule has 0 radical (unpaired) electrons. The van der Waals surface area contributed by atoms with E-state index in [4.69, 9.17) is 11.6 Å². The summed E-state index contributed by atoms with van der Waals surface area (Å²) in [6, 6.07) is 10.9. The highest BCUT2D eigenvalue weighted by Gasteiger charge is 2.24. The molecule has 0 unspecified atom stereocenters. The quantitative estimate of drug-likeness (QED) is 0.546. The van der Waals surface area contributed by atoms with E-state index in [1.54, 1.807) is 0 Å². The Morgan fingerprint density at radius 2 is 2.04 bits per heavy atom. The largest absolute Gasteiger partial charge is 0.355 e. The third-order valence-corrected chi connectivity index (χ3v) is 7.81. The van der Waals surface area contributed by atoms with Gasteiger partial charge >= 0.3 is 0 Å². The maximum Gasteiger partial charge on any atom is 0.252 e. The molecule has 0 aliphatic rings. The molecule has 0 saturated carbocycles. The smallest absolute Gasteiger partial charge is 0.252 e. The molecule has 2 aromatic heterocycles. The first-order valence-corrected chi connectivity index (χ1v) is 11.3. The molecule has 3 rings (SSSR count). The van der Waals surface area contributed by atoms with Crippen molar-refractivity contribution in [2.45, 2.75) is 24.1 Å². The number of rotatable bonds is 8. The minimum absolute atomic E-state index is 0.121. The van der Waals surface area contributed by atoms with Crippen LogP contribution in [0.4, 0.5) is 0 Å². The maximum absolute atomic E-state index is 12.4. The number of thiophene rings is 1. The van der Waals surface area contributed by atoms with Gasteiger partial charge in [-0.2, -0.15) is 4.31 Å². The third kappa shape index (κ3) is 4.54. The van der Waals surface area contributed by atoms with Crippen LogP contribution in [0, 0.1) is 6.92 Å². The van der Waals surface area contributed by atoms with Crippen molar-refractivity contribution in [1.82, 2.24) is 19.2 Å². The molecule has 10 heteroatoms. The van der Waals surface area contributed by atoms with Gasteiger partial charge in [0.15, 0.2) is 0 Å². The summed E-state index contributed by atoms with van der Waals surface area (Å²) in [7, 11) is -2.34. The average Bonchev–Trinajstić information content (AvgIpc) is 3.22. The van der Waals surface area contributed by atoms with E-state index >= 15 is 0 Å². The van der Waals surface area contributed by atoms with Crippen molar-refractivity contribution in [2.24, 2.45) is 0 Å². The summed E-state index contributed by atoms with van der Waals surface area (Å²) in [5.41, 5.74) is 2.01. The standard InChI is InChI=1S/C18H21ClN4O3S2/c1-13-21-14-6-3-4-7-15(14)23(13)11-5-10-20-17(24)12-22(2)28(25,26)18-9-8-16(19)27-18/h3-4,6-9H,5,10-12H2,1-2H3,(H,20,24). The molecule has 2 heterocycles. The number of aryl methyl sites for hydroxylation is 2. The molecule has 1 aromatic carbocycles. The number of nitrogens with zero attached hydrogens (tertiary/aromatic N) is 3. The number of amides is 1. The Morgan fingerprint density at radius 1 is 1.29 bits per heavy atom. The number of aromatic nitrogens is 2. The van der Waals surface area contributed by atoms with Crippen molar-refractivity contribution in [1.29, 1.82) is 0 Å². The highest BCUT2D eigenvalue weighted by Crippen LogP contribution is 2.27. The predicted molar refractivity (Wildman–Crippen MR) is 111 cm³/mol. The van der Waals surface area contributed by atoms with E-state index in [1.165, 1.54) is 19.2 Å². The molecule has 0 saturated heterocycles. The van der Waals surface area contributed by atoms with Gasteiger partial charge in [0.25, 0.3) is 10.0 Å². The summed E-state index contributed by atoms with van der Waals surface area (Å²) in [4.78, 5) is 16.6. The number of carbonyl (C=O) groups excluding carboxylic acids is 1. The van der Waals surface area contributed by atoms with Crippen molar-refractivity contribution in [3.05, 3.63) is 46.6 Å². The van der Waals surface area contributed by atoms with Gasteiger partial charge in [0.1, 0.15) is 10.0 Å². The first kappa shape index (κ1) is 20.8. The lowest BCUT2D eigenvalue weighted by molar-refractivity contribution is -0.121. The Morgan fingerprint density at radius 3 is 2.75 bits per heavy atom. The lowest BCUT2D eigenvalue weighted by atomic mass is 10.3. The fourth-order valence-electron chi connectivity index (χ4n) is 2.88. The number of nitrogens with one attached hydrogen (secondary N) is 1. The summed E-state index contributed by atoms with van der Waals surface area (Å²) in [6.07, 6.45) is 0.712. The summed E-state index contributed by atoms with van der Waals surface area (Å²) in [5.74, 6) is 0.578. The Bertz CT molecular complexity index is 1090. The Kier molecular flexibility index (Phi) is 6.39. The molecule has 0 fully saturated rings. The number of fused-ring (bicyclic) bond motifs is 1. The first-order chi connectivity index (χ1) is 13.3. The van der Waals surface area contributed by atoms with Crippen LogP contribution < -0.4 is 5.32 Å². The number of likely N-dealkylation sites (N-methyl/N-ethyl adjacent to an activating group) is 1. The second kappa shape index (κ2) is 8.60. The zero-order chi connectivity index (χ0) is 20.3. The van der Waals surface area contributed by atoms with Gasteiger partial charge in [-0.3, -0.25) is 4.79 Å². The summed E-state index contributed by atoms with van der Waals surface area (Å²) in [5, 5.41) is 2.77. The first-order valence-electron chi connectivity index (χ1n) is 8.69. The van der Waals surface area contributed by atoms with Crippen molar-refractivity contribution < 1.29 is 13.2 Å². The van der Waals surface area contributed by atoms with Crippen LogP contribution in [0.3, 0.4) is 0 Å². The number of hydrogen-bond acceptors (Lipinski definition) is 5. The average molecular weight is 441 g/mol. The summed E-state index contributed by atoms with van der Waals surface area (Å²) >= 11 is 6.77. The van der Waals surface area contributed by atoms with Crippen LogP contribution in [0.5, 0.6) is 0 Å². The second-order valence-corrected chi connectivity index (χ2v) is 10.3. The van der Waals surface area contributed by atoms with Crippen LogP contribution >= 0.6 is 22.9 Å². The molecule has 28 heavy (non-hydrogen) atoms. The van der Waals surface area contributed by atoms with Gasteiger partial charge in [0.2, 0.25) is 5.91 Å². The molecule has 0 bridgehead atoms. The van der Waals surface area contributed by atoms with E-state index in [0.29, 0.717) is 23.8 Å². The number of carbonyl (C=O) groups is 1. The number of sulfonamides is 1. The molecule has 0 spiro atoms. The van der Waals surface area contributed by atoms with Crippen molar-refractivity contribution in [3.8, 4) is 0 Å². The third-order valence-electron chi connectivity index (χ3n) is 4.31. The van der Waals surface area contributed by atoms with E-state index < -0.39 is 10.0 Å². The Balaban J connectivity index is 1.50. The topological polar surface area (TPSA) is 84.3 Å². The SMILES string of the molecule is Cc1nc2ccccc2n1CCCNC(=O)CN(C)S(=O)(=O)c1ccc(Cl)s1. The van der Waals surface area contributed by atoms with Gasteiger partial charge in [-0.25, -0.2) is 13.4 Å². The monoisotopic (exact) mass is 440 g/mol. The number of halogens is 1. The molecule has 3 aromatic rings. The van der Waals surface area contributed by atoms with Gasteiger partial charge in [-0.05, 0) is 37.6 Å². The molecule has 7 nitrogen and oxygen atoms in total. The second-order valence-electron chi connectivity index (χ2n) is 6.32. The van der Waals surface area contributed by atoms with E-state index in [-0.39, 0.29) is 16.7 Å². The van der Waals surface area contributed by atoms with Crippen LogP contribution in [-0.2, 0) is 21.4 Å². The van der Waals surface area contributed by atoms with Crippen LogP contribution in [0.15, 0.2) is 40.6 Å². The van der Waals surface area contributed by atoms with E-state index in [0.717, 1.165) is 32.5 Å². The molecule has 0 aliphatic heterocycles. The number of para-hydroxylation sites is 2.